The number of nitrogens with zero attached hydrogens (tertiary/aromatic N) is 5. The van der Waals surface area contributed by atoms with Crippen LogP contribution in [0.2, 0.25) is 0 Å². The van der Waals surface area contributed by atoms with Crippen LogP contribution in [0, 0.1) is 11.3 Å². The van der Waals surface area contributed by atoms with Crippen LogP contribution < -0.4 is 10.2 Å². The molecule has 1 N–H and O–H groups in total. The van der Waals surface area contributed by atoms with Crippen LogP contribution >= 0.6 is 11.3 Å². The third-order valence-corrected chi connectivity index (χ3v) is 4.79. The quantitative estimate of drug-likeness (QED) is 0.907. The molecule has 3 rings (SSSR count). The SMILES string of the molecule is C[C@@H](C(=O)Nc1nccs1)N1CCN(c2cc(C#N)ccn2)CC1. The minimum atomic E-state index is -0.213. The Balaban J connectivity index is 1.56. The van der Waals surface area contributed by atoms with Crippen molar-refractivity contribution in [2.45, 2.75) is 13.0 Å². The second-order valence-corrected chi connectivity index (χ2v) is 6.43. The maximum Gasteiger partial charge on any atom is 0.243 e. The van der Waals surface area contributed by atoms with Gasteiger partial charge in [-0.1, -0.05) is 0 Å². The van der Waals surface area contributed by atoms with Gasteiger partial charge < -0.3 is 10.2 Å². The molecular weight excluding hydrogens is 324 g/mol. The number of carbonyl (C=O) groups excluding carboxylic acids is 1. The standard InChI is InChI=1S/C16H18N6OS/c1-12(15(23)20-16-19-4-9-24-16)21-5-7-22(8-6-21)14-10-13(11-17)2-3-18-14/h2-4,9-10,12H,5-8H2,1H3,(H,19,20,23)/t12-/m0/s1. The lowest BCUT2D eigenvalue weighted by atomic mass is 10.2. The molecule has 1 amide bonds. The monoisotopic (exact) mass is 342 g/mol. The highest BCUT2D eigenvalue weighted by Crippen LogP contribution is 2.17. The maximum atomic E-state index is 12.3. The Morgan fingerprint density at radius 2 is 2.12 bits per heavy atom. The zero-order chi connectivity index (χ0) is 16.9. The molecule has 0 aromatic carbocycles. The molecule has 1 atom stereocenters. The summed E-state index contributed by atoms with van der Waals surface area (Å²) in [6, 6.07) is 5.42. The number of piperazine rings is 1. The van der Waals surface area contributed by atoms with Crippen LogP contribution in [0.5, 0.6) is 0 Å². The van der Waals surface area contributed by atoms with Gasteiger partial charge in [0, 0.05) is 44.0 Å². The number of rotatable bonds is 4. The summed E-state index contributed by atoms with van der Waals surface area (Å²) in [4.78, 5) is 25.0. The Hall–Kier alpha value is -2.50. The van der Waals surface area contributed by atoms with Crippen LogP contribution in [0.3, 0.4) is 0 Å². The van der Waals surface area contributed by atoms with Gasteiger partial charge in [-0.05, 0) is 19.1 Å². The van der Waals surface area contributed by atoms with E-state index in [0.29, 0.717) is 10.7 Å². The van der Waals surface area contributed by atoms with E-state index in [-0.39, 0.29) is 11.9 Å². The molecular formula is C16H18N6OS. The Kier molecular flexibility index (Phi) is 5.03. The van der Waals surface area contributed by atoms with E-state index in [0.717, 1.165) is 32.0 Å². The van der Waals surface area contributed by atoms with Crippen molar-refractivity contribution >= 4 is 28.2 Å². The fourth-order valence-corrected chi connectivity index (χ4v) is 3.19. The number of carbonyl (C=O) groups is 1. The molecule has 1 saturated heterocycles. The van der Waals surface area contributed by atoms with Crippen molar-refractivity contribution in [3.05, 3.63) is 35.5 Å². The molecule has 1 aliphatic heterocycles. The number of pyridine rings is 1. The van der Waals surface area contributed by atoms with Crippen molar-refractivity contribution in [3.8, 4) is 6.07 Å². The first kappa shape index (κ1) is 16.4. The average Bonchev–Trinajstić information content (AvgIpc) is 3.14. The van der Waals surface area contributed by atoms with Gasteiger partial charge in [0.25, 0.3) is 0 Å². The molecule has 2 aromatic heterocycles. The lowest BCUT2D eigenvalue weighted by Gasteiger charge is -2.37. The first-order chi connectivity index (χ1) is 11.7. The molecule has 24 heavy (non-hydrogen) atoms. The first-order valence-corrected chi connectivity index (χ1v) is 8.61. The Labute approximate surface area is 144 Å². The first-order valence-electron chi connectivity index (χ1n) is 7.73. The van der Waals surface area contributed by atoms with Crippen LogP contribution in [0.15, 0.2) is 29.9 Å². The fourth-order valence-electron chi connectivity index (χ4n) is 2.66. The van der Waals surface area contributed by atoms with Crippen LogP contribution in [-0.4, -0.2) is 53.0 Å². The summed E-state index contributed by atoms with van der Waals surface area (Å²) < 4.78 is 0. The summed E-state index contributed by atoms with van der Waals surface area (Å²) in [6.45, 7) is 5.00. The highest BCUT2D eigenvalue weighted by Gasteiger charge is 2.26. The van der Waals surface area contributed by atoms with Crippen LogP contribution in [0.4, 0.5) is 10.9 Å². The summed E-state index contributed by atoms with van der Waals surface area (Å²) in [5.74, 6) is 0.775. The van der Waals surface area contributed by atoms with Gasteiger partial charge in [-0.3, -0.25) is 9.69 Å². The van der Waals surface area contributed by atoms with Gasteiger partial charge in [-0.25, -0.2) is 9.97 Å². The van der Waals surface area contributed by atoms with Crippen molar-refractivity contribution in [2.24, 2.45) is 0 Å². The maximum absolute atomic E-state index is 12.3. The van der Waals surface area contributed by atoms with E-state index in [1.807, 2.05) is 12.3 Å². The molecule has 0 radical (unpaired) electrons. The van der Waals surface area contributed by atoms with E-state index in [1.54, 1.807) is 24.5 Å². The van der Waals surface area contributed by atoms with Crippen molar-refractivity contribution in [1.82, 2.24) is 14.9 Å². The van der Waals surface area contributed by atoms with E-state index in [1.165, 1.54) is 11.3 Å². The Morgan fingerprint density at radius 1 is 1.33 bits per heavy atom. The predicted molar refractivity (Wildman–Crippen MR) is 92.9 cm³/mol. The molecule has 1 fully saturated rings. The van der Waals surface area contributed by atoms with Gasteiger partial charge in [0.1, 0.15) is 5.82 Å². The molecule has 1 aliphatic rings. The van der Waals surface area contributed by atoms with Gasteiger partial charge in [0.2, 0.25) is 5.91 Å². The van der Waals surface area contributed by atoms with Crippen molar-refractivity contribution in [1.29, 1.82) is 5.26 Å². The van der Waals surface area contributed by atoms with Crippen molar-refractivity contribution < 1.29 is 4.79 Å². The number of hydrogen-bond acceptors (Lipinski definition) is 7. The van der Waals surface area contributed by atoms with Gasteiger partial charge in [-0.2, -0.15) is 5.26 Å². The molecule has 0 spiro atoms. The zero-order valence-corrected chi connectivity index (χ0v) is 14.2. The second-order valence-electron chi connectivity index (χ2n) is 5.54. The smallest absolute Gasteiger partial charge is 0.243 e. The molecule has 8 heteroatoms. The molecule has 0 aliphatic carbocycles. The van der Waals surface area contributed by atoms with Crippen LogP contribution in [-0.2, 0) is 4.79 Å². The number of thiazole rings is 1. The van der Waals surface area contributed by atoms with Gasteiger partial charge in [0.15, 0.2) is 5.13 Å². The number of anilines is 2. The predicted octanol–water partition coefficient (Wildman–Crippen LogP) is 1.56. The minimum absolute atomic E-state index is 0.0389. The number of nitriles is 1. The van der Waals surface area contributed by atoms with E-state index >= 15 is 0 Å². The van der Waals surface area contributed by atoms with Gasteiger partial charge >= 0.3 is 0 Å². The summed E-state index contributed by atoms with van der Waals surface area (Å²) in [5, 5.41) is 14.3. The molecule has 2 aromatic rings. The molecule has 3 heterocycles. The Bertz CT molecular complexity index is 733. The third kappa shape index (κ3) is 3.69. The van der Waals surface area contributed by atoms with Crippen molar-refractivity contribution in [2.75, 3.05) is 36.4 Å². The highest BCUT2D eigenvalue weighted by atomic mass is 32.1. The molecule has 7 nitrogen and oxygen atoms in total. The summed E-state index contributed by atoms with van der Waals surface area (Å²) >= 11 is 1.41. The normalized spacial score (nSPS) is 16.4. The number of amides is 1. The molecule has 0 unspecified atom stereocenters. The second kappa shape index (κ2) is 7.38. The number of hydrogen-bond donors (Lipinski definition) is 1. The number of aromatic nitrogens is 2. The third-order valence-electron chi connectivity index (χ3n) is 4.10. The van der Waals surface area contributed by atoms with Crippen LogP contribution in [0.25, 0.3) is 0 Å². The van der Waals surface area contributed by atoms with E-state index in [2.05, 4.69) is 31.2 Å². The van der Waals surface area contributed by atoms with Crippen molar-refractivity contribution in [3.63, 3.8) is 0 Å². The lowest BCUT2D eigenvalue weighted by Crippen LogP contribution is -2.53. The Morgan fingerprint density at radius 3 is 2.79 bits per heavy atom. The summed E-state index contributed by atoms with van der Waals surface area (Å²) in [7, 11) is 0. The fraction of sp³-hybridized carbons (Fsp3) is 0.375. The van der Waals surface area contributed by atoms with E-state index in [4.69, 9.17) is 5.26 Å². The molecule has 124 valence electrons. The largest absolute Gasteiger partial charge is 0.354 e. The molecule has 0 saturated carbocycles. The zero-order valence-electron chi connectivity index (χ0n) is 13.3. The number of nitrogens with one attached hydrogen (secondary N) is 1. The van der Waals surface area contributed by atoms with E-state index < -0.39 is 0 Å². The highest BCUT2D eigenvalue weighted by molar-refractivity contribution is 7.13. The average molecular weight is 342 g/mol. The molecule has 0 bridgehead atoms. The lowest BCUT2D eigenvalue weighted by molar-refractivity contribution is -0.120. The summed E-state index contributed by atoms with van der Waals surface area (Å²) in [5.41, 5.74) is 0.610. The van der Waals surface area contributed by atoms with E-state index in [9.17, 15) is 4.79 Å². The van der Waals surface area contributed by atoms with Gasteiger partial charge in [0.05, 0.1) is 17.7 Å². The van der Waals surface area contributed by atoms with Gasteiger partial charge in [-0.15, -0.1) is 11.3 Å². The topological polar surface area (TPSA) is 85.2 Å². The van der Waals surface area contributed by atoms with Crippen LogP contribution in [0.1, 0.15) is 12.5 Å². The minimum Gasteiger partial charge on any atom is -0.354 e. The summed E-state index contributed by atoms with van der Waals surface area (Å²) in [6.07, 6.45) is 3.33.